The van der Waals surface area contributed by atoms with Crippen LogP contribution in [0.4, 0.5) is 0 Å². The largest absolute Gasteiger partial charge is 0.391 e. The fourth-order valence-corrected chi connectivity index (χ4v) is 2.12. The molecular formula is C12H24N2O2. The van der Waals surface area contributed by atoms with Gasteiger partial charge in [0, 0.05) is 6.42 Å². The van der Waals surface area contributed by atoms with E-state index in [1.165, 1.54) is 0 Å². The lowest BCUT2D eigenvalue weighted by molar-refractivity contribution is -0.123. The molecule has 0 bridgehead atoms. The Hall–Kier alpha value is -0.610. The van der Waals surface area contributed by atoms with Crippen LogP contribution >= 0.6 is 0 Å². The first kappa shape index (κ1) is 13.5. The summed E-state index contributed by atoms with van der Waals surface area (Å²) in [6.45, 7) is 2.49. The fraction of sp³-hybridized carbons (Fsp3) is 0.917. The van der Waals surface area contributed by atoms with Gasteiger partial charge in [0.15, 0.2) is 0 Å². The zero-order valence-corrected chi connectivity index (χ0v) is 10.1. The summed E-state index contributed by atoms with van der Waals surface area (Å²) in [7, 11) is 0. The molecule has 0 aromatic rings. The summed E-state index contributed by atoms with van der Waals surface area (Å²) in [5, 5.41) is 12.8. The molecule has 0 heterocycles. The van der Waals surface area contributed by atoms with Crippen molar-refractivity contribution in [2.45, 2.75) is 57.6 Å². The van der Waals surface area contributed by atoms with Crippen molar-refractivity contribution in [1.82, 2.24) is 5.32 Å². The SMILES string of the molecule is CC(CN)CC(=O)NC1CCCCCC1O. The molecule has 0 radical (unpaired) electrons. The number of aliphatic hydroxyl groups is 1. The van der Waals surface area contributed by atoms with Crippen LogP contribution in [-0.4, -0.2) is 29.7 Å². The molecule has 0 aromatic heterocycles. The third kappa shape index (κ3) is 4.49. The molecule has 3 atom stereocenters. The number of nitrogens with one attached hydrogen (secondary N) is 1. The molecule has 4 nitrogen and oxygen atoms in total. The molecule has 1 saturated carbocycles. The molecule has 16 heavy (non-hydrogen) atoms. The molecule has 0 spiro atoms. The summed E-state index contributed by atoms with van der Waals surface area (Å²) in [6.07, 6.45) is 5.09. The summed E-state index contributed by atoms with van der Waals surface area (Å²) >= 11 is 0. The third-order valence-corrected chi connectivity index (χ3v) is 3.26. The van der Waals surface area contributed by atoms with E-state index in [2.05, 4.69) is 5.32 Å². The van der Waals surface area contributed by atoms with Crippen LogP contribution in [-0.2, 0) is 4.79 Å². The highest BCUT2D eigenvalue weighted by atomic mass is 16.3. The highest BCUT2D eigenvalue weighted by molar-refractivity contribution is 5.76. The highest BCUT2D eigenvalue weighted by Crippen LogP contribution is 2.18. The number of hydrogen-bond donors (Lipinski definition) is 3. The molecule has 0 aromatic carbocycles. The summed E-state index contributed by atoms with van der Waals surface area (Å²) in [4.78, 5) is 11.7. The van der Waals surface area contributed by atoms with Crippen molar-refractivity contribution in [2.75, 3.05) is 6.54 Å². The standard InChI is InChI=1S/C12H24N2O2/c1-9(8-13)7-12(16)14-10-5-3-2-4-6-11(10)15/h9-11,15H,2-8,13H2,1H3,(H,14,16). The van der Waals surface area contributed by atoms with Gasteiger partial charge < -0.3 is 16.2 Å². The van der Waals surface area contributed by atoms with Crippen molar-refractivity contribution in [1.29, 1.82) is 0 Å². The Bertz CT molecular complexity index is 221. The number of carbonyl (C=O) groups is 1. The lowest BCUT2D eigenvalue weighted by atomic mass is 10.0. The lowest BCUT2D eigenvalue weighted by Gasteiger charge is -2.22. The van der Waals surface area contributed by atoms with Gasteiger partial charge in [-0.3, -0.25) is 4.79 Å². The molecule has 3 unspecified atom stereocenters. The normalized spacial score (nSPS) is 28.2. The van der Waals surface area contributed by atoms with E-state index in [0.29, 0.717) is 13.0 Å². The monoisotopic (exact) mass is 228 g/mol. The molecule has 94 valence electrons. The van der Waals surface area contributed by atoms with Crippen molar-refractivity contribution >= 4 is 5.91 Å². The Morgan fingerprint density at radius 2 is 2.12 bits per heavy atom. The molecule has 1 amide bonds. The number of amides is 1. The van der Waals surface area contributed by atoms with Crippen molar-refractivity contribution < 1.29 is 9.90 Å². The van der Waals surface area contributed by atoms with Gasteiger partial charge in [0.05, 0.1) is 12.1 Å². The first-order valence-electron chi connectivity index (χ1n) is 6.31. The molecule has 4 N–H and O–H groups in total. The van der Waals surface area contributed by atoms with E-state index >= 15 is 0 Å². The molecular weight excluding hydrogens is 204 g/mol. The van der Waals surface area contributed by atoms with Crippen molar-refractivity contribution in [2.24, 2.45) is 11.7 Å². The fourth-order valence-electron chi connectivity index (χ4n) is 2.12. The van der Waals surface area contributed by atoms with E-state index in [4.69, 9.17) is 5.73 Å². The van der Waals surface area contributed by atoms with Gasteiger partial charge in [0.1, 0.15) is 0 Å². The van der Waals surface area contributed by atoms with E-state index in [0.717, 1.165) is 32.1 Å². The van der Waals surface area contributed by atoms with E-state index < -0.39 is 0 Å². The van der Waals surface area contributed by atoms with E-state index in [-0.39, 0.29) is 24.0 Å². The Morgan fingerprint density at radius 1 is 1.44 bits per heavy atom. The quantitative estimate of drug-likeness (QED) is 0.622. The first-order chi connectivity index (χ1) is 7.63. The van der Waals surface area contributed by atoms with Crippen molar-refractivity contribution in [3.8, 4) is 0 Å². The topological polar surface area (TPSA) is 75.4 Å². The number of carbonyl (C=O) groups excluding carboxylic acids is 1. The van der Waals surface area contributed by atoms with Crippen LogP contribution in [0.2, 0.25) is 0 Å². The Morgan fingerprint density at radius 3 is 2.81 bits per heavy atom. The van der Waals surface area contributed by atoms with Gasteiger partial charge in [-0.1, -0.05) is 26.2 Å². The van der Waals surface area contributed by atoms with Crippen molar-refractivity contribution in [3.05, 3.63) is 0 Å². The summed E-state index contributed by atoms with van der Waals surface area (Å²) in [6, 6.07) is -0.0556. The maximum atomic E-state index is 11.7. The first-order valence-corrected chi connectivity index (χ1v) is 6.31. The average Bonchev–Trinajstić information content (AvgIpc) is 2.44. The van der Waals surface area contributed by atoms with Gasteiger partial charge in [-0.15, -0.1) is 0 Å². The lowest BCUT2D eigenvalue weighted by Crippen LogP contribution is -2.43. The van der Waals surface area contributed by atoms with E-state index in [9.17, 15) is 9.90 Å². The Balaban J connectivity index is 2.36. The minimum Gasteiger partial charge on any atom is -0.391 e. The van der Waals surface area contributed by atoms with Gasteiger partial charge in [-0.25, -0.2) is 0 Å². The van der Waals surface area contributed by atoms with Crippen LogP contribution in [0.15, 0.2) is 0 Å². The van der Waals surface area contributed by atoms with Gasteiger partial charge in [-0.2, -0.15) is 0 Å². The minimum atomic E-state index is -0.375. The molecule has 0 saturated heterocycles. The molecule has 1 fully saturated rings. The summed E-state index contributed by atoms with van der Waals surface area (Å²) in [5.74, 6) is 0.229. The van der Waals surface area contributed by atoms with Crippen LogP contribution < -0.4 is 11.1 Å². The van der Waals surface area contributed by atoms with Gasteiger partial charge in [-0.05, 0) is 25.3 Å². The predicted octanol–water partition coefficient (Wildman–Crippen LogP) is 0.781. The van der Waals surface area contributed by atoms with Gasteiger partial charge in [0.25, 0.3) is 0 Å². The second-order valence-electron chi connectivity index (χ2n) is 4.92. The average molecular weight is 228 g/mol. The van der Waals surface area contributed by atoms with Crippen LogP contribution in [0.3, 0.4) is 0 Å². The number of nitrogens with two attached hydrogens (primary N) is 1. The summed E-state index contributed by atoms with van der Waals surface area (Å²) < 4.78 is 0. The van der Waals surface area contributed by atoms with Crippen LogP contribution in [0.5, 0.6) is 0 Å². The van der Waals surface area contributed by atoms with Crippen LogP contribution in [0.25, 0.3) is 0 Å². The molecule has 1 aliphatic carbocycles. The van der Waals surface area contributed by atoms with E-state index in [1.54, 1.807) is 0 Å². The molecule has 1 rings (SSSR count). The Labute approximate surface area is 97.6 Å². The van der Waals surface area contributed by atoms with Crippen molar-refractivity contribution in [3.63, 3.8) is 0 Å². The molecule has 1 aliphatic rings. The zero-order valence-electron chi connectivity index (χ0n) is 10.1. The molecule has 0 aliphatic heterocycles. The second kappa shape index (κ2) is 6.86. The predicted molar refractivity (Wildman–Crippen MR) is 63.9 cm³/mol. The van der Waals surface area contributed by atoms with Crippen LogP contribution in [0, 0.1) is 5.92 Å². The van der Waals surface area contributed by atoms with Gasteiger partial charge in [0.2, 0.25) is 5.91 Å². The summed E-state index contributed by atoms with van der Waals surface area (Å²) in [5.41, 5.74) is 5.48. The molecule has 4 heteroatoms. The maximum Gasteiger partial charge on any atom is 0.220 e. The number of aliphatic hydroxyl groups excluding tert-OH is 1. The number of hydrogen-bond acceptors (Lipinski definition) is 3. The maximum absolute atomic E-state index is 11.7. The van der Waals surface area contributed by atoms with Crippen LogP contribution in [0.1, 0.15) is 45.4 Å². The Kier molecular flexibility index (Phi) is 5.77. The third-order valence-electron chi connectivity index (χ3n) is 3.26. The smallest absolute Gasteiger partial charge is 0.220 e. The second-order valence-corrected chi connectivity index (χ2v) is 4.92. The number of rotatable bonds is 4. The highest BCUT2D eigenvalue weighted by Gasteiger charge is 2.23. The van der Waals surface area contributed by atoms with E-state index in [1.807, 2.05) is 6.92 Å². The minimum absolute atomic E-state index is 0.0175. The van der Waals surface area contributed by atoms with Gasteiger partial charge >= 0.3 is 0 Å². The zero-order chi connectivity index (χ0) is 12.0.